The molecule has 7 heteroatoms. The van der Waals surface area contributed by atoms with Crippen LogP contribution in [0.2, 0.25) is 5.15 Å². The van der Waals surface area contributed by atoms with E-state index in [1.54, 1.807) is 4.68 Å². The Kier molecular flexibility index (Phi) is 6.99. The van der Waals surface area contributed by atoms with Crippen LogP contribution in [0.4, 0.5) is 0 Å². The van der Waals surface area contributed by atoms with Crippen LogP contribution in [0.3, 0.4) is 0 Å². The summed E-state index contributed by atoms with van der Waals surface area (Å²) < 4.78 is 7.28. The summed E-state index contributed by atoms with van der Waals surface area (Å²) in [6.45, 7) is 8.51. The first-order chi connectivity index (χ1) is 15.0. The fraction of sp³-hybridized carbons (Fsp3) is 0.583. The molecule has 168 valence electrons. The number of hydrogen-bond donors (Lipinski definition) is 1. The Balaban J connectivity index is 1.47. The molecule has 0 atom stereocenters. The first-order valence-corrected chi connectivity index (χ1v) is 11.8. The molecule has 1 saturated heterocycles. The number of nitrogens with zero attached hydrogens (tertiary/aromatic N) is 3. The topological polar surface area (TPSA) is 59.4 Å². The number of hydrogen-bond acceptors (Lipinski definition) is 4. The molecule has 0 radical (unpaired) electrons. The number of carbonyl (C=O) groups is 1. The van der Waals surface area contributed by atoms with Gasteiger partial charge >= 0.3 is 0 Å². The third-order valence-electron chi connectivity index (χ3n) is 6.79. The van der Waals surface area contributed by atoms with Gasteiger partial charge in [0, 0.05) is 25.2 Å². The van der Waals surface area contributed by atoms with Crippen LogP contribution in [0, 0.1) is 13.8 Å². The molecule has 1 saturated carbocycles. The molecule has 2 aliphatic rings. The number of ether oxygens (including phenoxy) is 1. The lowest BCUT2D eigenvalue weighted by Crippen LogP contribution is -2.59. The predicted octanol–water partition coefficient (Wildman–Crippen LogP) is 3.97. The van der Waals surface area contributed by atoms with E-state index in [4.69, 9.17) is 16.3 Å². The van der Waals surface area contributed by atoms with Crippen molar-refractivity contribution in [3.63, 3.8) is 0 Å². The van der Waals surface area contributed by atoms with E-state index < -0.39 is 0 Å². The summed E-state index contributed by atoms with van der Waals surface area (Å²) in [5, 5.41) is 8.16. The van der Waals surface area contributed by atoms with E-state index in [-0.39, 0.29) is 11.4 Å². The quantitative estimate of drug-likeness (QED) is 0.732. The van der Waals surface area contributed by atoms with Crippen molar-refractivity contribution in [3.05, 3.63) is 51.8 Å². The van der Waals surface area contributed by atoms with E-state index in [2.05, 4.69) is 46.5 Å². The van der Waals surface area contributed by atoms with Crippen molar-refractivity contribution < 1.29 is 9.53 Å². The number of aryl methyl sites for hydroxylation is 2. The number of amides is 1. The highest BCUT2D eigenvalue weighted by atomic mass is 35.5. The van der Waals surface area contributed by atoms with Crippen LogP contribution in [0.15, 0.2) is 24.3 Å². The van der Waals surface area contributed by atoms with Crippen LogP contribution in [-0.4, -0.2) is 59.0 Å². The highest BCUT2D eigenvalue weighted by Gasteiger charge is 2.39. The molecule has 1 aromatic heterocycles. The summed E-state index contributed by atoms with van der Waals surface area (Å²) in [5.74, 6) is -0.129. The molecular weight excluding hydrogens is 412 g/mol. The molecule has 2 fully saturated rings. The highest BCUT2D eigenvalue weighted by Crippen LogP contribution is 2.34. The Morgan fingerprint density at radius 1 is 1.13 bits per heavy atom. The molecule has 1 aliphatic carbocycles. The van der Waals surface area contributed by atoms with Gasteiger partial charge in [0.15, 0.2) is 0 Å². The fourth-order valence-electron chi connectivity index (χ4n) is 4.97. The van der Waals surface area contributed by atoms with Crippen molar-refractivity contribution in [1.82, 2.24) is 20.0 Å². The van der Waals surface area contributed by atoms with Crippen molar-refractivity contribution in [2.24, 2.45) is 0 Å². The zero-order chi connectivity index (χ0) is 21.8. The second-order valence-electron chi connectivity index (χ2n) is 8.96. The van der Waals surface area contributed by atoms with E-state index in [0.717, 1.165) is 44.7 Å². The predicted molar refractivity (Wildman–Crippen MR) is 123 cm³/mol. The van der Waals surface area contributed by atoms with Gasteiger partial charge in [0.05, 0.1) is 31.0 Å². The maximum Gasteiger partial charge on any atom is 0.256 e. The summed E-state index contributed by atoms with van der Waals surface area (Å²) in [4.78, 5) is 15.7. The SMILES string of the molecule is Cc1ccc(Cn2nc(C)c(C(=O)NCC3(N4CCOCC4)CCCCC3)c2Cl)cc1. The molecule has 2 heterocycles. The van der Waals surface area contributed by atoms with Gasteiger partial charge < -0.3 is 10.1 Å². The Morgan fingerprint density at radius 3 is 2.48 bits per heavy atom. The average molecular weight is 445 g/mol. The Labute approximate surface area is 189 Å². The normalized spacial score (nSPS) is 19.3. The van der Waals surface area contributed by atoms with Gasteiger partial charge in [0.25, 0.3) is 5.91 Å². The molecule has 1 aliphatic heterocycles. The van der Waals surface area contributed by atoms with Gasteiger partial charge in [-0.15, -0.1) is 0 Å². The smallest absolute Gasteiger partial charge is 0.256 e. The Morgan fingerprint density at radius 2 is 1.81 bits per heavy atom. The molecule has 0 bridgehead atoms. The second kappa shape index (κ2) is 9.72. The maximum atomic E-state index is 13.2. The molecule has 0 spiro atoms. The number of halogens is 1. The summed E-state index contributed by atoms with van der Waals surface area (Å²) in [6.07, 6.45) is 5.93. The molecule has 2 aromatic rings. The van der Waals surface area contributed by atoms with Gasteiger partial charge in [-0.25, -0.2) is 4.68 Å². The Hall–Kier alpha value is -1.89. The van der Waals surface area contributed by atoms with Gasteiger partial charge in [-0.05, 0) is 32.3 Å². The van der Waals surface area contributed by atoms with Crippen LogP contribution in [0.5, 0.6) is 0 Å². The minimum Gasteiger partial charge on any atom is -0.379 e. The van der Waals surface area contributed by atoms with Crippen LogP contribution in [0.25, 0.3) is 0 Å². The highest BCUT2D eigenvalue weighted by molar-refractivity contribution is 6.33. The lowest BCUT2D eigenvalue weighted by molar-refractivity contribution is -0.0361. The summed E-state index contributed by atoms with van der Waals surface area (Å²) >= 11 is 6.62. The molecule has 1 amide bonds. The van der Waals surface area contributed by atoms with E-state index in [1.165, 1.54) is 24.8 Å². The molecule has 4 rings (SSSR count). The molecular formula is C24H33ClN4O2. The number of morpholine rings is 1. The van der Waals surface area contributed by atoms with E-state index in [0.29, 0.717) is 29.5 Å². The lowest BCUT2D eigenvalue weighted by Gasteiger charge is -2.48. The fourth-order valence-corrected chi connectivity index (χ4v) is 5.29. The van der Waals surface area contributed by atoms with E-state index >= 15 is 0 Å². The van der Waals surface area contributed by atoms with E-state index in [9.17, 15) is 4.79 Å². The van der Waals surface area contributed by atoms with Crippen LogP contribution in [-0.2, 0) is 11.3 Å². The monoisotopic (exact) mass is 444 g/mol. The van der Waals surface area contributed by atoms with Crippen molar-refractivity contribution >= 4 is 17.5 Å². The summed E-state index contributed by atoms with van der Waals surface area (Å²) in [6, 6.07) is 8.28. The average Bonchev–Trinajstić information content (AvgIpc) is 3.07. The molecule has 0 unspecified atom stereocenters. The molecule has 6 nitrogen and oxygen atoms in total. The summed E-state index contributed by atoms with van der Waals surface area (Å²) in [5.41, 5.74) is 3.50. The van der Waals surface area contributed by atoms with Gasteiger partial charge in [0.2, 0.25) is 0 Å². The first-order valence-electron chi connectivity index (χ1n) is 11.4. The molecule has 31 heavy (non-hydrogen) atoms. The van der Waals surface area contributed by atoms with Gasteiger partial charge in [0.1, 0.15) is 5.15 Å². The zero-order valence-electron chi connectivity index (χ0n) is 18.6. The van der Waals surface area contributed by atoms with E-state index in [1.807, 2.05) is 6.92 Å². The number of nitrogens with one attached hydrogen (secondary N) is 1. The number of carbonyl (C=O) groups excluding carboxylic acids is 1. The zero-order valence-corrected chi connectivity index (χ0v) is 19.4. The lowest BCUT2D eigenvalue weighted by atomic mass is 9.79. The van der Waals surface area contributed by atoms with Crippen LogP contribution in [0.1, 0.15) is 59.3 Å². The van der Waals surface area contributed by atoms with Crippen molar-refractivity contribution in [3.8, 4) is 0 Å². The molecule has 1 N–H and O–H groups in total. The van der Waals surface area contributed by atoms with Gasteiger partial charge in [-0.3, -0.25) is 9.69 Å². The number of benzene rings is 1. The van der Waals surface area contributed by atoms with Gasteiger partial charge in [-0.2, -0.15) is 5.10 Å². The summed E-state index contributed by atoms with van der Waals surface area (Å²) in [7, 11) is 0. The number of rotatable bonds is 6. The molecule has 1 aromatic carbocycles. The standard InChI is InChI=1S/C24H33ClN4O2/c1-18-6-8-20(9-7-18)16-29-22(25)21(19(2)27-29)23(30)26-17-24(10-4-3-5-11-24)28-12-14-31-15-13-28/h6-9H,3-5,10-17H2,1-2H3,(H,26,30). The maximum absolute atomic E-state index is 13.2. The number of aromatic nitrogens is 2. The largest absolute Gasteiger partial charge is 0.379 e. The van der Waals surface area contributed by atoms with Crippen molar-refractivity contribution in [1.29, 1.82) is 0 Å². The van der Waals surface area contributed by atoms with Crippen molar-refractivity contribution in [2.75, 3.05) is 32.8 Å². The van der Waals surface area contributed by atoms with Crippen molar-refractivity contribution in [2.45, 2.75) is 58.0 Å². The third-order valence-corrected chi connectivity index (χ3v) is 7.17. The van der Waals surface area contributed by atoms with Crippen LogP contribution < -0.4 is 5.32 Å². The Bertz CT molecular complexity index is 897. The minimum absolute atomic E-state index is 0.0238. The van der Waals surface area contributed by atoms with Gasteiger partial charge in [-0.1, -0.05) is 60.7 Å². The third kappa shape index (κ3) is 4.97. The first kappa shape index (κ1) is 22.3. The van der Waals surface area contributed by atoms with Crippen LogP contribution >= 0.6 is 11.6 Å². The second-order valence-corrected chi connectivity index (χ2v) is 9.32. The minimum atomic E-state index is -0.129.